The van der Waals surface area contributed by atoms with E-state index >= 15 is 0 Å². The van der Waals surface area contributed by atoms with Gasteiger partial charge in [0.1, 0.15) is 24.7 Å². The topological polar surface area (TPSA) is 123 Å². The van der Waals surface area contributed by atoms with E-state index in [9.17, 15) is 18.3 Å². The molecule has 0 heterocycles. The third-order valence-electron chi connectivity index (χ3n) is 6.68. The van der Waals surface area contributed by atoms with Crippen LogP contribution in [-0.4, -0.2) is 52.1 Å². The van der Waals surface area contributed by atoms with Crippen molar-refractivity contribution < 1.29 is 32.5 Å². The Labute approximate surface area is 252 Å². The first-order valence-electron chi connectivity index (χ1n) is 13.7. The summed E-state index contributed by atoms with van der Waals surface area (Å²) in [5.74, 6) is 0.692. The molecule has 4 aromatic rings. The van der Waals surface area contributed by atoms with Gasteiger partial charge in [0, 0.05) is 12.6 Å². The fraction of sp³-hybridized carbons (Fsp3) is 0.242. The summed E-state index contributed by atoms with van der Waals surface area (Å²) in [6.45, 7) is 2.96. The number of rotatable bonds is 14. The maximum atomic E-state index is 12.0. The van der Waals surface area contributed by atoms with Crippen LogP contribution < -0.4 is 19.5 Å². The Hall–Kier alpha value is -4.38. The molecule has 4 aromatic carbocycles. The first-order valence-corrected chi connectivity index (χ1v) is 15.6. The van der Waals surface area contributed by atoms with Crippen molar-refractivity contribution in [1.82, 2.24) is 5.32 Å². The third-order valence-corrected chi connectivity index (χ3v) is 7.27. The molecular formula is C33H36N2O7S. The van der Waals surface area contributed by atoms with Gasteiger partial charge in [0.15, 0.2) is 0 Å². The lowest BCUT2D eigenvalue weighted by Crippen LogP contribution is -2.35. The van der Waals surface area contributed by atoms with Gasteiger partial charge in [-0.3, -0.25) is 4.72 Å². The maximum Gasteiger partial charge on any atom is 0.337 e. The summed E-state index contributed by atoms with van der Waals surface area (Å²) >= 11 is 0. The monoisotopic (exact) mass is 604 g/mol. The normalized spacial score (nSPS) is 12.7. The third kappa shape index (κ3) is 9.31. The predicted octanol–water partition coefficient (Wildman–Crippen LogP) is 5.18. The van der Waals surface area contributed by atoms with Crippen LogP contribution in [0.3, 0.4) is 0 Å². The first kappa shape index (κ1) is 31.6. The van der Waals surface area contributed by atoms with Crippen molar-refractivity contribution in [3.05, 3.63) is 114 Å². The van der Waals surface area contributed by atoms with Gasteiger partial charge in [-0.1, -0.05) is 60.7 Å². The first-order chi connectivity index (χ1) is 20.6. The van der Waals surface area contributed by atoms with Crippen molar-refractivity contribution in [2.75, 3.05) is 31.2 Å². The Kier molecular flexibility index (Phi) is 10.8. The van der Waals surface area contributed by atoms with Crippen LogP contribution in [0.15, 0.2) is 97.1 Å². The minimum atomic E-state index is -3.57. The Morgan fingerprint density at radius 3 is 2.16 bits per heavy atom. The molecule has 0 fully saturated rings. The number of aliphatic hydroxyl groups is 1. The fourth-order valence-electron chi connectivity index (χ4n) is 4.39. The van der Waals surface area contributed by atoms with Crippen LogP contribution in [0.25, 0.3) is 11.1 Å². The number of methoxy groups -OCH3 is 1. The highest BCUT2D eigenvalue weighted by atomic mass is 32.2. The van der Waals surface area contributed by atoms with Crippen molar-refractivity contribution in [3.63, 3.8) is 0 Å². The number of sulfonamides is 1. The molecule has 9 nitrogen and oxygen atoms in total. The number of ether oxygens (including phenoxy) is 3. The second kappa shape index (κ2) is 14.7. The molecule has 0 radical (unpaired) electrons. The molecule has 0 aliphatic heterocycles. The number of hydrogen-bond acceptors (Lipinski definition) is 8. The smallest absolute Gasteiger partial charge is 0.337 e. The second-order valence-electron chi connectivity index (χ2n) is 10.0. The van der Waals surface area contributed by atoms with Gasteiger partial charge in [0.25, 0.3) is 0 Å². The summed E-state index contributed by atoms with van der Waals surface area (Å²) in [6.07, 6.45) is 0.159. The quantitative estimate of drug-likeness (QED) is 0.133. The van der Waals surface area contributed by atoms with Gasteiger partial charge in [-0.15, -0.1) is 0 Å². The van der Waals surface area contributed by atoms with E-state index in [2.05, 4.69) is 10.0 Å². The molecule has 4 rings (SSSR count). The highest BCUT2D eigenvalue weighted by Crippen LogP contribution is 2.31. The molecule has 0 saturated carbocycles. The number of nitrogens with one attached hydrogen (secondary N) is 2. The number of esters is 1. The van der Waals surface area contributed by atoms with Crippen LogP contribution in [0, 0.1) is 0 Å². The molecule has 0 aromatic heterocycles. The van der Waals surface area contributed by atoms with Gasteiger partial charge >= 0.3 is 5.97 Å². The molecule has 0 bridgehead atoms. The molecule has 10 heteroatoms. The van der Waals surface area contributed by atoms with E-state index in [4.69, 9.17) is 14.2 Å². The van der Waals surface area contributed by atoms with Gasteiger partial charge in [-0.05, 0) is 65.6 Å². The lowest BCUT2D eigenvalue weighted by atomic mass is 10.0. The van der Waals surface area contributed by atoms with Gasteiger partial charge < -0.3 is 24.6 Å². The van der Waals surface area contributed by atoms with E-state index in [1.807, 2.05) is 73.7 Å². The zero-order valence-corrected chi connectivity index (χ0v) is 25.1. The number of hydrogen-bond donors (Lipinski definition) is 3. The van der Waals surface area contributed by atoms with Gasteiger partial charge in [-0.2, -0.15) is 0 Å². The summed E-state index contributed by atoms with van der Waals surface area (Å²) in [6, 6.07) is 29.0. The summed E-state index contributed by atoms with van der Waals surface area (Å²) in [5.41, 5.74) is 4.19. The van der Waals surface area contributed by atoms with Crippen molar-refractivity contribution in [2.45, 2.75) is 25.7 Å². The minimum Gasteiger partial charge on any atom is -0.492 e. The van der Waals surface area contributed by atoms with Crippen LogP contribution in [0.5, 0.6) is 11.5 Å². The van der Waals surface area contributed by atoms with Crippen LogP contribution in [0.4, 0.5) is 5.69 Å². The second-order valence-corrected chi connectivity index (χ2v) is 11.8. The SMILES string of the molecule is COC(=O)c1ccc(-c2ccc(OCCNC(C)C(O)c3ccc(OCc4ccccc4)c(NS(C)(=O)=O)c3)cc2)cc1. The van der Waals surface area contributed by atoms with Crippen molar-refractivity contribution >= 4 is 21.7 Å². The van der Waals surface area contributed by atoms with Crippen molar-refractivity contribution in [2.24, 2.45) is 0 Å². The lowest BCUT2D eigenvalue weighted by molar-refractivity contribution is 0.0600. The standard InChI is InChI=1S/C33H36N2O7S/c1-23(34-19-20-41-29-16-13-26(14-17-29)25-9-11-27(12-10-25)33(37)40-2)32(36)28-15-18-31(30(21-28)35-43(3,38)39)42-22-24-7-5-4-6-8-24/h4-18,21,23,32,34-36H,19-20,22H2,1-3H3. The van der Waals surface area contributed by atoms with Crippen molar-refractivity contribution in [1.29, 1.82) is 0 Å². The van der Waals surface area contributed by atoms with E-state index in [1.54, 1.807) is 30.3 Å². The van der Waals surface area contributed by atoms with Gasteiger partial charge in [0.2, 0.25) is 10.0 Å². The van der Waals surface area contributed by atoms with Crippen LogP contribution in [0.2, 0.25) is 0 Å². The Morgan fingerprint density at radius 2 is 1.53 bits per heavy atom. The molecule has 0 spiro atoms. The number of carbonyl (C=O) groups excluding carboxylic acids is 1. The molecule has 3 N–H and O–H groups in total. The van der Waals surface area contributed by atoms with E-state index in [0.29, 0.717) is 35.8 Å². The zero-order valence-electron chi connectivity index (χ0n) is 24.3. The largest absolute Gasteiger partial charge is 0.492 e. The number of benzene rings is 4. The van der Waals surface area contributed by atoms with E-state index in [0.717, 1.165) is 22.9 Å². The average molecular weight is 605 g/mol. The van der Waals surface area contributed by atoms with E-state index in [1.165, 1.54) is 7.11 Å². The number of anilines is 1. The molecule has 0 saturated heterocycles. The fourth-order valence-corrected chi connectivity index (χ4v) is 4.95. The molecule has 0 aliphatic carbocycles. The van der Waals surface area contributed by atoms with Crippen LogP contribution in [-0.2, 0) is 21.4 Å². The Bertz CT molecular complexity index is 1590. The molecule has 2 unspecified atom stereocenters. The van der Waals surface area contributed by atoms with Gasteiger partial charge in [0.05, 0.1) is 30.7 Å². The summed E-state index contributed by atoms with van der Waals surface area (Å²) in [7, 11) is -2.22. The number of carbonyl (C=O) groups is 1. The summed E-state index contributed by atoms with van der Waals surface area (Å²) < 4.78 is 43.0. The molecule has 2 atom stereocenters. The molecule has 0 amide bonds. The molecule has 226 valence electrons. The highest BCUT2D eigenvalue weighted by Gasteiger charge is 2.19. The molecule has 0 aliphatic rings. The van der Waals surface area contributed by atoms with E-state index < -0.39 is 16.1 Å². The van der Waals surface area contributed by atoms with E-state index in [-0.39, 0.29) is 24.3 Å². The Balaban J connectivity index is 1.30. The number of aliphatic hydroxyl groups excluding tert-OH is 1. The molecular weight excluding hydrogens is 568 g/mol. The van der Waals surface area contributed by atoms with Crippen LogP contribution >= 0.6 is 0 Å². The minimum absolute atomic E-state index is 0.258. The summed E-state index contributed by atoms with van der Waals surface area (Å²) in [4.78, 5) is 11.6. The van der Waals surface area contributed by atoms with Crippen molar-refractivity contribution in [3.8, 4) is 22.6 Å². The maximum absolute atomic E-state index is 12.0. The zero-order chi connectivity index (χ0) is 30.8. The highest BCUT2D eigenvalue weighted by molar-refractivity contribution is 7.92. The average Bonchev–Trinajstić information content (AvgIpc) is 3.01. The molecule has 43 heavy (non-hydrogen) atoms. The Morgan fingerprint density at radius 1 is 0.884 bits per heavy atom. The lowest BCUT2D eigenvalue weighted by Gasteiger charge is -2.22. The summed E-state index contributed by atoms with van der Waals surface area (Å²) in [5, 5.41) is 14.2. The predicted molar refractivity (Wildman–Crippen MR) is 167 cm³/mol. The van der Waals surface area contributed by atoms with Gasteiger partial charge in [-0.25, -0.2) is 13.2 Å². The van der Waals surface area contributed by atoms with Crippen LogP contribution in [0.1, 0.15) is 34.5 Å².